The minimum Gasteiger partial charge on any atom is -0.369 e. The van der Waals surface area contributed by atoms with Crippen molar-refractivity contribution in [1.29, 1.82) is 0 Å². The Hall–Kier alpha value is -3.07. The van der Waals surface area contributed by atoms with E-state index in [0.29, 0.717) is 18.8 Å². The maximum Gasteiger partial charge on any atom is 0.267 e. The van der Waals surface area contributed by atoms with Gasteiger partial charge in [-0.05, 0) is 24.3 Å². The van der Waals surface area contributed by atoms with Crippen molar-refractivity contribution >= 4 is 45.4 Å². The van der Waals surface area contributed by atoms with Crippen LogP contribution in [0.5, 0.6) is 0 Å². The fourth-order valence-electron chi connectivity index (χ4n) is 3.24. The molecule has 0 aliphatic rings. The molecule has 0 unspecified atom stereocenters. The number of nitrogens with zero attached hydrogens (tertiary/aromatic N) is 4. The molecule has 30 heavy (non-hydrogen) atoms. The summed E-state index contributed by atoms with van der Waals surface area (Å²) in [4.78, 5) is 25.0. The van der Waals surface area contributed by atoms with Gasteiger partial charge < -0.3 is 15.6 Å². The third-order valence-corrected chi connectivity index (χ3v) is 5.40. The van der Waals surface area contributed by atoms with Crippen molar-refractivity contribution in [3.8, 4) is 0 Å². The highest BCUT2D eigenvalue weighted by atomic mass is 32.2. The molecule has 1 amide bonds. The predicted octanol–water partition coefficient (Wildman–Crippen LogP) is 3.67. The highest BCUT2D eigenvalue weighted by Gasteiger charge is 2.14. The van der Waals surface area contributed by atoms with Crippen LogP contribution in [0.15, 0.2) is 41.7 Å². The van der Waals surface area contributed by atoms with Crippen molar-refractivity contribution in [3.05, 3.63) is 42.2 Å². The lowest BCUT2D eigenvalue weighted by molar-refractivity contribution is 0.0948. The number of hydrogen-bond donors (Lipinski definition) is 3. The second-order valence-electron chi connectivity index (χ2n) is 6.85. The Morgan fingerprint density at radius 3 is 2.87 bits per heavy atom. The predicted molar refractivity (Wildman–Crippen MR) is 121 cm³/mol. The summed E-state index contributed by atoms with van der Waals surface area (Å²) in [6.45, 7) is 6.01. The van der Waals surface area contributed by atoms with Gasteiger partial charge in [-0.1, -0.05) is 43.8 Å². The molecule has 156 valence electrons. The van der Waals surface area contributed by atoms with Crippen molar-refractivity contribution in [2.45, 2.75) is 32.0 Å². The van der Waals surface area contributed by atoms with Crippen LogP contribution in [0, 0.1) is 0 Å². The van der Waals surface area contributed by atoms with Gasteiger partial charge in [0.25, 0.3) is 5.91 Å². The van der Waals surface area contributed by atoms with E-state index in [2.05, 4.69) is 44.5 Å². The Balaban J connectivity index is 1.47. The molecule has 8 nitrogen and oxygen atoms in total. The summed E-state index contributed by atoms with van der Waals surface area (Å²) in [6.07, 6.45) is 2.79. The van der Waals surface area contributed by atoms with Crippen molar-refractivity contribution in [2.75, 3.05) is 24.2 Å². The van der Waals surface area contributed by atoms with E-state index in [-0.39, 0.29) is 5.91 Å². The van der Waals surface area contributed by atoms with E-state index < -0.39 is 0 Å². The normalized spacial score (nSPS) is 11.3. The number of para-hydroxylation sites is 1. The molecule has 0 aliphatic carbocycles. The lowest BCUT2D eigenvalue weighted by atomic mass is 10.2. The van der Waals surface area contributed by atoms with Crippen molar-refractivity contribution < 1.29 is 4.79 Å². The average molecular weight is 424 g/mol. The molecule has 3 heterocycles. The molecule has 3 N–H and O–H groups in total. The molecular weight excluding hydrogens is 398 g/mol. The number of aromatic nitrogens is 5. The number of benzene rings is 1. The van der Waals surface area contributed by atoms with Crippen LogP contribution in [0.2, 0.25) is 0 Å². The van der Waals surface area contributed by atoms with Crippen molar-refractivity contribution in [3.63, 3.8) is 0 Å². The zero-order chi connectivity index (χ0) is 20.9. The molecule has 9 heteroatoms. The van der Waals surface area contributed by atoms with Crippen LogP contribution in [-0.2, 0) is 6.54 Å². The fourth-order valence-corrected chi connectivity index (χ4v) is 3.80. The van der Waals surface area contributed by atoms with E-state index in [0.717, 1.165) is 51.6 Å². The summed E-state index contributed by atoms with van der Waals surface area (Å²) in [5.41, 5.74) is 2.28. The molecule has 0 radical (unpaired) electrons. The number of carbonyl (C=O) groups is 1. The minimum atomic E-state index is -0.134. The van der Waals surface area contributed by atoms with Crippen LogP contribution in [0.4, 0.5) is 5.82 Å². The van der Waals surface area contributed by atoms with E-state index in [1.165, 1.54) is 0 Å². The molecule has 0 spiro atoms. The number of anilines is 1. The van der Waals surface area contributed by atoms with Crippen LogP contribution < -0.4 is 10.6 Å². The third-order valence-electron chi connectivity index (χ3n) is 4.68. The second kappa shape index (κ2) is 9.17. The van der Waals surface area contributed by atoms with E-state index in [1.54, 1.807) is 18.0 Å². The number of thioether (sulfide) groups is 1. The summed E-state index contributed by atoms with van der Waals surface area (Å²) in [7, 11) is 0. The minimum absolute atomic E-state index is 0.134. The molecule has 4 aromatic rings. The van der Waals surface area contributed by atoms with Gasteiger partial charge in [-0.2, -0.15) is 5.10 Å². The molecule has 0 saturated heterocycles. The van der Waals surface area contributed by atoms with Crippen molar-refractivity contribution in [2.24, 2.45) is 0 Å². The lowest BCUT2D eigenvalue weighted by Gasteiger charge is -2.09. The SMILES string of the molecule is CCCNc1nc(SCC)nc2c1cnn2CCNC(=O)c1cc2ccccc2[nH]1. The maximum absolute atomic E-state index is 12.5. The second-order valence-corrected chi connectivity index (χ2v) is 8.08. The number of aromatic amines is 1. The first kappa shape index (κ1) is 20.2. The van der Waals surface area contributed by atoms with E-state index >= 15 is 0 Å². The van der Waals surface area contributed by atoms with Gasteiger partial charge >= 0.3 is 0 Å². The molecule has 0 saturated carbocycles. The Kier molecular flexibility index (Phi) is 6.18. The van der Waals surface area contributed by atoms with Gasteiger partial charge in [0.05, 0.1) is 18.1 Å². The number of rotatable bonds is 9. The molecule has 0 bridgehead atoms. The van der Waals surface area contributed by atoms with Crippen LogP contribution in [0.3, 0.4) is 0 Å². The zero-order valence-corrected chi connectivity index (χ0v) is 17.9. The Bertz CT molecular complexity index is 1130. The van der Waals surface area contributed by atoms with Gasteiger partial charge in [-0.15, -0.1) is 0 Å². The molecule has 3 aromatic heterocycles. The van der Waals surface area contributed by atoms with Gasteiger partial charge in [0.2, 0.25) is 0 Å². The largest absolute Gasteiger partial charge is 0.369 e. The highest BCUT2D eigenvalue weighted by Crippen LogP contribution is 2.24. The maximum atomic E-state index is 12.5. The summed E-state index contributed by atoms with van der Waals surface area (Å²) in [5.74, 6) is 1.57. The quantitative estimate of drug-likeness (QED) is 0.281. The summed E-state index contributed by atoms with van der Waals surface area (Å²) in [6, 6.07) is 9.70. The Labute approximate surface area is 178 Å². The van der Waals surface area contributed by atoms with Gasteiger partial charge in [0.15, 0.2) is 10.8 Å². The van der Waals surface area contributed by atoms with Crippen LogP contribution in [-0.4, -0.2) is 49.5 Å². The number of carbonyl (C=O) groups excluding carboxylic acids is 1. The summed E-state index contributed by atoms with van der Waals surface area (Å²) < 4.78 is 1.82. The van der Waals surface area contributed by atoms with Crippen LogP contribution in [0.25, 0.3) is 21.9 Å². The molecule has 0 fully saturated rings. The molecule has 0 atom stereocenters. The number of amides is 1. The van der Waals surface area contributed by atoms with Crippen molar-refractivity contribution in [1.82, 2.24) is 30.0 Å². The number of fused-ring (bicyclic) bond motifs is 2. The fraction of sp³-hybridized carbons (Fsp3) is 0.333. The van der Waals surface area contributed by atoms with Gasteiger partial charge in [0, 0.05) is 24.0 Å². The van der Waals surface area contributed by atoms with E-state index in [1.807, 2.05) is 35.0 Å². The monoisotopic (exact) mass is 423 g/mol. The average Bonchev–Trinajstić information content (AvgIpc) is 3.37. The first-order chi connectivity index (χ1) is 14.7. The first-order valence-electron chi connectivity index (χ1n) is 10.2. The van der Waals surface area contributed by atoms with Gasteiger partial charge in [-0.25, -0.2) is 14.6 Å². The van der Waals surface area contributed by atoms with Gasteiger partial charge in [-0.3, -0.25) is 4.79 Å². The van der Waals surface area contributed by atoms with Crippen LogP contribution in [0.1, 0.15) is 30.8 Å². The molecule has 0 aliphatic heterocycles. The molecule has 1 aromatic carbocycles. The Morgan fingerprint density at radius 2 is 2.07 bits per heavy atom. The van der Waals surface area contributed by atoms with E-state index in [4.69, 9.17) is 0 Å². The number of H-pyrrole nitrogens is 1. The smallest absolute Gasteiger partial charge is 0.267 e. The first-order valence-corrected chi connectivity index (χ1v) is 11.1. The summed E-state index contributed by atoms with van der Waals surface area (Å²) >= 11 is 1.60. The summed E-state index contributed by atoms with van der Waals surface area (Å²) in [5, 5.41) is 13.4. The Morgan fingerprint density at radius 1 is 1.20 bits per heavy atom. The lowest BCUT2D eigenvalue weighted by Crippen LogP contribution is -2.27. The highest BCUT2D eigenvalue weighted by molar-refractivity contribution is 7.99. The zero-order valence-electron chi connectivity index (χ0n) is 17.1. The van der Waals surface area contributed by atoms with E-state index in [9.17, 15) is 4.79 Å². The van der Waals surface area contributed by atoms with Crippen LogP contribution >= 0.6 is 11.8 Å². The molecular formula is C21H25N7OS. The topological polar surface area (TPSA) is 101 Å². The standard InChI is InChI=1S/C21H25N7OS/c1-3-9-22-18-15-13-24-28(19(15)27-21(26-18)30-4-2)11-10-23-20(29)17-12-14-7-5-6-8-16(14)25-17/h5-8,12-13,25H,3-4,9-11H2,1-2H3,(H,23,29)(H,22,26,27). The third kappa shape index (κ3) is 4.25. The number of nitrogens with one attached hydrogen (secondary N) is 3. The number of hydrogen-bond acceptors (Lipinski definition) is 6. The molecule has 4 rings (SSSR count). The van der Waals surface area contributed by atoms with Gasteiger partial charge in [0.1, 0.15) is 11.5 Å².